The first-order valence-corrected chi connectivity index (χ1v) is 12.0. The van der Waals surface area contributed by atoms with Crippen LogP contribution in [-0.2, 0) is 25.4 Å². The van der Waals surface area contributed by atoms with Gasteiger partial charge in [-0.25, -0.2) is 4.39 Å². The fraction of sp³-hybridized carbons (Fsp3) is 0.333. The third-order valence-electron chi connectivity index (χ3n) is 6.42. The summed E-state index contributed by atoms with van der Waals surface area (Å²) in [6.07, 6.45) is 4.74. The van der Waals surface area contributed by atoms with Crippen molar-refractivity contribution in [1.29, 1.82) is 0 Å². The summed E-state index contributed by atoms with van der Waals surface area (Å²) in [5.41, 5.74) is 6.20. The predicted octanol–water partition coefficient (Wildman–Crippen LogP) is 8.52. The van der Waals surface area contributed by atoms with Crippen molar-refractivity contribution in [2.24, 2.45) is 0 Å². The van der Waals surface area contributed by atoms with Crippen molar-refractivity contribution >= 4 is 0 Å². The van der Waals surface area contributed by atoms with E-state index < -0.39 is 17.6 Å². The molecule has 0 nitrogen and oxygen atoms in total. The maximum atomic E-state index is 13.8. The summed E-state index contributed by atoms with van der Waals surface area (Å²) in [6.45, 7) is 2.23. The highest BCUT2D eigenvalue weighted by Crippen LogP contribution is 2.35. The average Bonchev–Trinajstić information content (AvgIpc) is 2.81. The molecule has 0 aliphatic heterocycles. The van der Waals surface area contributed by atoms with Crippen LogP contribution in [0.4, 0.5) is 17.6 Å². The van der Waals surface area contributed by atoms with Crippen LogP contribution in [0.1, 0.15) is 72.4 Å². The number of fused-ring (bicyclic) bond motifs is 3. The molecule has 1 aliphatic rings. The summed E-state index contributed by atoms with van der Waals surface area (Å²) in [6, 6.07) is 15.6. The number of hydrogen-bond acceptors (Lipinski definition) is 0. The minimum Gasteiger partial charge on any atom is -0.206 e. The topological polar surface area (TPSA) is 0 Å². The third-order valence-corrected chi connectivity index (χ3v) is 6.42. The van der Waals surface area contributed by atoms with Gasteiger partial charge in [0.25, 0.3) is 0 Å². The van der Waals surface area contributed by atoms with E-state index in [0.717, 1.165) is 37.0 Å². The largest absolute Gasteiger partial charge is 0.419 e. The van der Waals surface area contributed by atoms with Crippen LogP contribution in [0.2, 0.25) is 0 Å². The number of benzene rings is 3. The summed E-state index contributed by atoms with van der Waals surface area (Å²) in [5.74, 6) is 4.45. The molecule has 0 saturated heterocycles. The Labute approximate surface area is 199 Å². The second-order valence-electron chi connectivity index (χ2n) is 8.97. The molecule has 0 radical (unpaired) electrons. The molecule has 1 aliphatic carbocycles. The first-order chi connectivity index (χ1) is 16.3. The molecule has 0 N–H and O–H groups in total. The standard InChI is InChI=1S/C30H28F4/c1-2-3-4-5-6-7-21-10-15-26-24(18-21)13-14-25-19-22(11-16-27(25)26)8-9-23-12-17-28(29(31)20-23)30(32,33)34/h10-12,15-20H,2-7,13-14H2,1H3. The molecule has 3 aromatic rings. The van der Waals surface area contributed by atoms with Gasteiger partial charge in [0, 0.05) is 11.1 Å². The molecule has 0 bridgehead atoms. The Hall–Kier alpha value is -3.06. The van der Waals surface area contributed by atoms with Gasteiger partial charge in [-0.2, -0.15) is 13.2 Å². The lowest BCUT2D eigenvalue weighted by Crippen LogP contribution is -2.07. The van der Waals surface area contributed by atoms with E-state index in [9.17, 15) is 17.6 Å². The van der Waals surface area contributed by atoms with Gasteiger partial charge >= 0.3 is 6.18 Å². The Bertz CT molecular complexity index is 1220. The summed E-state index contributed by atoms with van der Waals surface area (Å²) in [5, 5.41) is 0. The number of halogens is 4. The van der Waals surface area contributed by atoms with Crippen molar-refractivity contribution in [3.05, 3.63) is 93.8 Å². The minimum absolute atomic E-state index is 0.218. The molecule has 0 spiro atoms. The zero-order valence-electron chi connectivity index (χ0n) is 19.4. The molecule has 4 rings (SSSR count). The van der Waals surface area contributed by atoms with E-state index in [0.29, 0.717) is 0 Å². The maximum absolute atomic E-state index is 13.8. The lowest BCUT2D eigenvalue weighted by Gasteiger charge is -2.21. The highest BCUT2D eigenvalue weighted by atomic mass is 19.4. The van der Waals surface area contributed by atoms with Crippen molar-refractivity contribution in [3.8, 4) is 23.0 Å². The number of aryl methyl sites for hydroxylation is 3. The molecular formula is C30H28F4. The SMILES string of the molecule is CCCCCCCc1ccc2c(c1)CCc1cc(C#Cc3ccc(C(F)(F)F)c(F)c3)ccc1-2. The number of alkyl halides is 3. The highest BCUT2D eigenvalue weighted by molar-refractivity contribution is 5.74. The van der Waals surface area contributed by atoms with E-state index >= 15 is 0 Å². The molecule has 0 amide bonds. The summed E-state index contributed by atoms with van der Waals surface area (Å²) in [4.78, 5) is 0. The van der Waals surface area contributed by atoms with Gasteiger partial charge < -0.3 is 0 Å². The van der Waals surface area contributed by atoms with E-state index in [-0.39, 0.29) is 5.56 Å². The smallest absolute Gasteiger partial charge is 0.206 e. The Morgan fingerprint density at radius 3 is 2.03 bits per heavy atom. The van der Waals surface area contributed by atoms with E-state index in [2.05, 4.69) is 43.0 Å². The lowest BCUT2D eigenvalue weighted by molar-refractivity contribution is -0.140. The van der Waals surface area contributed by atoms with E-state index in [1.807, 2.05) is 12.1 Å². The van der Waals surface area contributed by atoms with Crippen molar-refractivity contribution in [2.75, 3.05) is 0 Å². The van der Waals surface area contributed by atoms with Crippen LogP contribution in [0.15, 0.2) is 54.6 Å². The Kier molecular flexibility index (Phi) is 7.41. The lowest BCUT2D eigenvalue weighted by atomic mass is 9.83. The zero-order valence-corrected chi connectivity index (χ0v) is 19.4. The van der Waals surface area contributed by atoms with Crippen LogP contribution < -0.4 is 0 Å². The minimum atomic E-state index is -4.71. The molecule has 176 valence electrons. The van der Waals surface area contributed by atoms with Crippen molar-refractivity contribution in [3.63, 3.8) is 0 Å². The monoisotopic (exact) mass is 464 g/mol. The maximum Gasteiger partial charge on any atom is 0.419 e. The quantitative estimate of drug-likeness (QED) is 0.195. The first kappa shape index (κ1) is 24.1. The second kappa shape index (κ2) is 10.5. The van der Waals surface area contributed by atoms with Crippen LogP contribution in [0, 0.1) is 17.7 Å². The molecule has 0 saturated carbocycles. The van der Waals surface area contributed by atoms with E-state index in [1.54, 1.807) is 0 Å². The highest BCUT2D eigenvalue weighted by Gasteiger charge is 2.33. The normalized spacial score (nSPS) is 12.5. The molecule has 0 unspecified atom stereocenters. The van der Waals surface area contributed by atoms with Crippen LogP contribution in [0.25, 0.3) is 11.1 Å². The van der Waals surface area contributed by atoms with Crippen molar-refractivity contribution < 1.29 is 17.6 Å². The fourth-order valence-electron chi connectivity index (χ4n) is 4.58. The van der Waals surface area contributed by atoms with Crippen LogP contribution in [0.5, 0.6) is 0 Å². The first-order valence-electron chi connectivity index (χ1n) is 12.0. The summed E-state index contributed by atoms with van der Waals surface area (Å²) < 4.78 is 52.0. The van der Waals surface area contributed by atoms with E-state index in [4.69, 9.17) is 0 Å². The van der Waals surface area contributed by atoms with Gasteiger partial charge in [0.05, 0.1) is 5.56 Å². The van der Waals surface area contributed by atoms with Crippen LogP contribution >= 0.6 is 0 Å². The molecular weight excluding hydrogens is 436 g/mol. The molecule has 0 fully saturated rings. The Morgan fingerprint density at radius 2 is 1.35 bits per heavy atom. The Balaban J connectivity index is 1.48. The molecule has 0 aromatic heterocycles. The predicted molar refractivity (Wildman–Crippen MR) is 129 cm³/mol. The Morgan fingerprint density at radius 1 is 0.735 bits per heavy atom. The molecule has 0 heterocycles. The van der Waals surface area contributed by atoms with Crippen LogP contribution in [0.3, 0.4) is 0 Å². The number of hydrogen-bond donors (Lipinski definition) is 0. The molecule has 0 atom stereocenters. The van der Waals surface area contributed by atoms with Gasteiger partial charge in [0.15, 0.2) is 0 Å². The van der Waals surface area contributed by atoms with Gasteiger partial charge in [0.1, 0.15) is 5.82 Å². The molecule has 34 heavy (non-hydrogen) atoms. The summed E-state index contributed by atoms with van der Waals surface area (Å²) in [7, 11) is 0. The van der Waals surface area contributed by atoms with Gasteiger partial charge in [-0.15, -0.1) is 0 Å². The van der Waals surface area contributed by atoms with Gasteiger partial charge in [-0.1, -0.05) is 68.7 Å². The van der Waals surface area contributed by atoms with Crippen molar-refractivity contribution in [1.82, 2.24) is 0 Å². The van der Waals surface area contributed by atoms with Gasteiger partial charge in [-0.3, -0.25) is 0 Å². The average molecular weight is 465 g/mol. The summed E-state index contributed by atoms with van der Waals surface area (Å²) >= 11 is 0. The fourth-order valence-corrected chi connectivity index (χ4v) is 4.58. The van der Waals surface area contributed by atoms with E-state index in [1.165, 1.54) is 66.0 Å². The van der Waals surface area contributed by atoms with Crippen molar-refractivity contribution in [2.45, 2.75) is 64.5 Å². The van der Waals surface area contributed by atoms with Gasteiger partial charge in [-0.05, 0) is 83.8 Å². The molecule has 3 aromatic carbocycles. The number of rotatable bonds is 6. The van der Waals surface area contributed by atoms with Crippen LogP contribution in [-0.4, -0.2) is 0 Å². The molecule has 4 heteroatoms. The number of unbranched alkanes of at least 4 members (excludes halogenated alkanes) is 4. The second-order valence-corrected chi connectivity index (χ2v) is 8.97. The zero-order chi connectivity index (χ0) is 24.1. The van der Waals surface area contributed by atoms with Gasteiger partial charge in [0.2, 0.25) is 0 Å². The third kappa shape index (κ3) is 5.70.